The van der Waals surface area contributed by atoms with Gasteiger partial charge in [0.1, 0.15) is 5.78 Å². The molecule has 2 bridgehead atoms. The summed E-state index contributed by atoms with van der Waals surface area (Å²) in [5.41, 5.74) is 3.73. The maximum atomic E-state index is 12.7. The van der Waals surface area contributed by atoms with Crippen LogP contribution >= 0.6 is 11.3 Å². The highest BCUT2D eigenvalue weighted by Gasteiger charge is 2.42. The molecular weight excluding hydrogens is 376 g/mol. The van der Waals surface area contributed by atoms with Crippen molar-refractivity contribution in [3.05, 3.63) is 29.1 Å². The number of nitrogens with zero attached hydrogens (tertiary/aromatic N) is 2. The average Bonchev–Trinajstić information content (AvgIpc) is 3.24. The Bertz CT molecular complexity index is 970. The van der Waals surface area contributed by atoms with Crippen LogP contribution in [0.5, 0.6) is 0 Å². The molecule has 28 heavy (non-hydrogen) atoms. The zero-order valence-electron chi connectivity index (χ0n) is 15.2. The zero-order chi connectivity index (χ0) is 19.3. The summed E-state index contributed by atoms with van der Waals surface area (Å²) in [5.74, 6) is 0.309. The predicted molar refractivity (Wildman–Crippen MR) is 106 cm³/mol. The zero-order valence-corrected chi connectivity index (χ0v) is 16.1. The highest BCUT2D eigenvalue weighted by Crippen LogP contribution is 2.35. The second kappa shape index (κ2) is 6.70. The molecule has 3 amide bonds. The van der Waals surface area contributed by atoms with Crippen LogP contribution in [0.3, 0.4) is 0 Å². The predicted octanol–water partition coefficient (Wildman–Crippen LogP) is 3.42. The molecule has 0 aliphatic carbocycles. The average molecular weight is 396 g/mol. The third kappa shape index (κ3) is 3.07. The van der Waals surface area contributed by atoms with E-state index in [-0.39, 0.29) is 29.8 Å². The highest BCUT2D eigenvalue weighted by molar-refractivity contribution is 7.14. The Morgan fingerprint density at radius 2 is 1.96 bits per heavy atom. The van der Waals surface area contributed by atoms with E-state index in [0.29, 0.717) is 24.4 Å². The van der Waals surface area contributed by atoms with E-state index in [1.807, 2.05) is 28.5 Å². The first-order valence-electron chi connectivity index (χ1n) is 9.56. The summed E-state index contributed by atoms with van der Waals surface area (Å²) in [4.78, 5) is 42.4. The van der Waals surface area contributed by atoms with Crippen LogP contribution in [0.15, 0.2) is 23.6 Å². The molecule has 0 radical (unpaired) electrons. The Kier molecular flexibility index (Phi) is 4.16. The molecule has 2 fully saturated rings. The molecule has 4 heterocycles. The molecule has 144 valence electrons. The van der Waals surface area contributed by atoms with Gasteiger partial charge in [0.15, 0.2) is 5.13 Å². The molecule has 0 saturated carbocycles. The van der Waals surface area contributed by atoms with Gasteiger partial charge in [-0.05, 0) is 37.0 Å². The van der Waals surface area contributed by atoms with Gasteiger partial charge in [0.2, 0.25) is 5.91 Å². The second-order valence-electron chi connectivity index (χ2n) is 7.63. The fraction of sp³-hybridized carbons (Fsp3) is 0.400. The maximum absolute atomic E-state index is 12.7. The van der Waals surface area contributed by atoms with Crippen LogP contribution in [-0.2, 0) is 16.0 Å². The normalized spacial score (nSPS) is 23.4. The summed E-state index contributed by atoms with van der Waals surface area (Å²) in [5, 5.41) is 8.27. The SMILES string of the molecule is O=C1CC2CCC(C1)N2C(=O)Nc1nc(-c2ccc3c(c2)CCC(=O)N3)cs1. The maximum Gasteiger partial charge on any atom is 0.324 e. The molecule has 1 aromatic heterocycles. The van der Waals surface area contributed by atoms with Crippen LogP contribution in [0.4, 0.5) is 15.6 Å². The smallest absolute Gasteiger partial charge is 0.324 e. The van der Waals surface area contributed by atoms with E-state index in [9.17, 15) is 14.4 Å². The Hall–Kier alpha value is -2.74. The molecule has 2 N–H and O–H groups in total. The van der Waals surface area contributed by atoms with Gasteiger partial charge in [0.05, 0.1) is 5.69 Å². The van der Waals surface area contributed by atoms with Gasteiger partial charge in [0, 0.05) is 48.0 Å². The van der Waals surface area contributed by atoms with Crippen LogP contribution in [0.2, 0.25) is 0 Å². The fourth-order valence-electron chi connectivity index (χ4n) is 4.46. The van der Waals surface area contributed by atoms with E-state index in [2.05, 4.69) is 15.6 Å². The van der Waals surface area contributed by atoms with Crippen LogP contribution in [-0.4, -0.2) is 39.7 Å². The number of carbonyl (C=O) groups is 3. The molecule has 7 nitrogen and oxygen atoms in total. The fourth-order valence-corrected chi connectivity index (χ4v) is 5.17. The molecule has 3 aliphatic heterocycles. The van der Waals surface area contributed by atoms with Gasteiger partial charge in [-0.15, -0.1) is 11.3 Å². The Morgan fingerprint density at radius 1 is 1.18 bits per heavy atom. The lowest BCUT2D eigenvalue weighted by Gasteiger charge is -2.33. The van der Waals surface area contributed by atoms with Crippen LogP contribution in [0.1, 0.15) is 37.7 Å². The number of urea groups is 1. The number of piperidine rings is 1. The topological polar surface area (TPSA) is 91.4 Å². The van der Waals surface area contributed by atoms with Gasteiger partial charge in [-0.25, -0.2) is 9.78 Å². The van der Waals surface area contributed by atoms with E-state index >= 15 is 0 Å². The lowest BCUT2D eigenvalue weighted by Crippen LogP contribution is -2.48. The monoisotopic (exact) mass is 396 g/mol. The largest absolute Gasteiger partial charge is 0.326 e. The number of aromatic nitrogens is 1. The van der Waals surface area contributed by atoms with E-state index in [0.717, 1.165) is 41.8 Å². The number of fused-ring (bicyclic) bond motifs is 3. The first-order chi connectivity index (χ1) is 13.6. The third-order valence-corrected chi connectivity index (χ3v) is 6.55. The number of thiazole rings is 1. The summed E-state index contributed by atoms with van der Waals surface area (Å²) in [7, 11) is 0. The molecule has 2 saturated heterocycles. The van der Waals surface area contributed by atoms with Crippen molar-refractivity contribution in [3.8, 4) is 11.3 Å². The minimum absolute atomic E-state index is 0.0292. The molecule has 8 heteroatoms. The van der Waals surface area contributed by atoms with Gasteiger partial charge in [0.25, 0.3) is 0 Å². The van der Waals surface area contributed by atoms with Crippen LogP contribution in [0, 0.1) is 0 Å². The van der Waals surface area contributed by atoms with E-state index < -0.39 is 0 Å². The van der Waals surface area contributed by atoms with Crippen molar-refractivity contribution in [1.29, 1.82) is 0 Å². The number of Topliss-reactive ketones (excluding diaryl/α,β-unsaturated/α-hetero) is 1. The van der Waals surface area contributed by atoms with E-state index in [1.165, 1.54) is 11.3 Å². The van der Waals surface area contributed by atoms with E-state index in [4.69, 9.17) is 0 Å². The molecular formula is C20H20N4O3S. The van der Waals surface area contributed by atoms with Crippen molar-refractivity contribution in [2.45, 2.75) is 50.6 Å². The first-order valence-corrected chi connectivity index (χ1v) is 10.4. The lowest BCUT2D eigenvalue weighted by atomic mass is 9.99. The standard InChI is InChI=1S/C20H20N4O3S/c25-15-8-13-3-4-14(9-15)24(13)20(27)23-19-22-17(10-28-19)12-1-5-16-11(7-12)2-6-18(26)21-16/h1,5,7,10,13-14H,2-4,6,8-9H2,(H,21,26)(H,22,23,27). The number of aryl methyl sites for hydroxylation is 1. The van der Waals surface area contributed by atoms with Gasteiger partial charge >= 0.3 is 6.03 Å². The van der Waals surface area contributed by atoms with Crippen molar-refractivity contribution < 1.29 is 14.4 Å². The molecule has 2 unspecified atom stereocenters. The second-order valence-corrected chi connectivity index (χ2v) is 8.49. The summed E-state index contributed by atoms with van der Waals surface area (Å²) in [6, 6.07) is 5.78. The summed E-state index contributed by atoms with van der Waals surface area (Å²) >= 11 is 1.39. The molecule has 2 aromatic rings. The number of hydrogen-bond donors (Lipinski definition) is 2. The van der Waals surface area contributed by atoms with Crippen LogP contribution in [0.25, 0.3) is 11.3 Å². The summed E-state index contributed by atoms with van der Waals surface area (Å²) in [6.45, 7) is 0. The number of anilines is 2. The third-order valence-electron chi connectivity index (χ3n) is 5.80. The number of nitrogens with one attached hydrogen (secondary N) is 2. The van der Waals surface area contributed by atoms with Gasteiger partial charge in [-0.1, -0.05) is 6.07 Å². The van der Waals surface area contributed by atoms with Crippen molar-refractivity contribution >= 4 is 39.9 Å². The lowest BCUT2D eigenvalue weighted by molar-refractivity contribution is -0.122. The minimum Gasteiger partial charge on any atom is -0.326 e. The Labute approximate surface area is 166 Å². The number of carbonyl (C=O) groups excluding carboxylic acids is 3. The molecule has 5 rings (SSSR count). The van der Waals surface area contributed by atoms with Crippen molar-refractivity contribution in [2.24, 2.45) is 0 Å². The molecule has 1 aromatic carbocycles. The highest BCUT2D eigenvalue weighted by atomic mass is 32.1. The Morgan fingerprint density at radius 3 is 2.75 bits per heavy atom. The minimum atomic E-state index is -0.158. The first kappa shape index (κ1) is 17.4. The molecule has 3 aliphatic rings. The van der Waals surface area contributed by atoms with Gasteiger partial charge in [-0.3, -0.25) is 14.9 Å². The summed E-state index contributed by atoms with van der Waals surface area (Å²) in [6.07, 6.45) is 3.96. The van der Waals surface area contributed by atoms with Crippen molar-refractivity contribution in [2.75, 3.05) is 10.6 Å². The molecule has 0 spiro atoms. The quantitative estimate of drug-likeness (QED) is 0.814. The number of benzene rings is 1. The number of rotatable bonds is 2. The number of ketones is 1. The van der Waals surface area contributed by atoms with Crippen molar-refractivity contribution in [3.63, 3.8) is 0 Å². The Balaban J connectivity index is 1.31. The summed E-state index contributed by atoms with van der Waals surface area (Å²) < 4.78 is 0. The van der Waals surface area contributed by atoms with Gasteiger partial charge < -0.3 is 10.2 Å². The van der Waals surface area contributed by atoms with Crippen molar-refractivity contribution in [1.82, 2.24) is 9.88 Å². The number of hydrogen-bond acceptors (Lipinski definition) is 5. The van der Waals surface area contributed by atoms with E-state index in [1.54, 1.807) is 0 Å². The van der Waals surface area contributed by atoms with Crippen LogP contribution < -0.4 is 10.6 Å². The number of amides is 3. The molecule has 2 atom stereocenters. The van der Waals surface area contributed by atoms with Gasteiger partial charge in [-0.2, -0.15) is 0 Å².